The second-order valence-electron chi connectivity index (χ2n) is 5.15. The van der Waals surface area contributed by atoms with Gasteiger partial charge in [0.1, 0.15) is 0 Å². The van der Waals surface area contributed by atoms with E-state index in [0.717, 1.165) is 13.1 Å². The van der Waals surface area contributed by atoms with E-state index < -0.39 is 0 Å². The van der Waals surface area contributed by atoms with Gasteiger partial charge in [0.15, 0.2) is 0 Å². The summed E-state index contributed by atoms with van der Waals surface area (Å²) in [6, 6.07) is 9.09. The third kappa shape index (κ3) is 7.03. The molecule has 0 amide bonds. The van der Waals surface area contributed by atoms with Crippen molar-refractivity contribution >= 4 is 11.8 Å². The lowest BCUT2D eigenvalue weighted by molar-refractivity contribution is 0.544. The van der Waals surface area contributed by atoms with Gasteiger partial charge in [-0.15, -0.1) is 0 Å². The molecule has 2 heteroatoms. The van der Waals surface area contributed by atoms with Crippen molar-refractivity contribution in [2.24, 2.45) is 0 Å². The summed E-state index contributed by atoms with van der Waals surface area (Å²) < 4.78 is 0. The Morgan fingerprint density at radius 2 is 1.89 bits per heavy atom. The van der Waals surface area contributed by atoms with Gasteiger partial charge in [-0.1, -0.05) is 43.7 Å². The second kappa shape index (κ2) is 10.3. The van der Waals surface area contributed by atoms with Gasteiger partial charge in [-0.3, -0.25) is 0 Å². The highest BCUT2D eigenvalue weighted by Gasteiger charge is 2.10. The first-order chi connectivity index (χ1) is 9.27. The fraction of sp³-hybridized carbons (Fsp3) is 0.647. The Bertz CT molecular complexity index is 321. The SMILES string of the molecule is CCCNCC(CCCSCC)c1ccc(C)cc1. The highest BCUT2D eigenvalue weighted by atomic mass is 32.2. The number of nitrogens with one attached hydrogen (secondary N) is 1. The minimum absolute atomic E-state index is 0.671. The fourth-order valence-electron chi connectivity index (χ4n) is 2.25. The molecular weight excluding hydrogens is 250 g/mol. The van der Waals surface area contributed by atoms with Crippen LogP contribution < -0.4 is 5.32 Å². The first-order valence-corrected chi connectivity index (χ1v) is 8.78. The average Bonchev–Trinajstić information content (AvgIpc) is 2.43. The second-order valence-corrected chi connectivity index (χ2v) is 6.54. The number of thioether (sulfide) groups is 1. The van der Waals surface area contributed by atoms with Crippen molar-refractivity contribution in [2.45, 2.75) is 46.0 Å². The van der Waals surface area contributed by atoms with Crippen LogP contribution in [0.15, 0.2) is 24.3 Å². The summed E-state index contributed by atoms with van der Waals surface area (Å²) >= 11 is 2.06. The normalized spacial score (nSPS) is 12.6. The fourth-order valence-corrected chi connectivity index (χ4v) is 2.91. The van der Waals surface area contributed by atoms with Crippen molar-refractivity contribution in [1.82, 2.24) is 5.32 Å². The number of rotatable bonds is 10. The predicted molar refractivity (Wildman–Crippen MR) is 89.3 cm³/mol. The van der Waals surface area contributed by atoms with Crippen molar-refractivity contribution < 1.29 is 0 Å². The number of hydrogen-bond acceptors (Lipinski definition) is 2. The van der Waals surface area contributed by atoms with Crippen LogP contribution in [0.4, 0.5) is 0 Å². The summed E-state index contributed by atoms with van der Waals surface area (Å²) in [6.07, 6.45) is 3.84. The minimum Gasteiger partial charge on any atom is -0.316 e. The Hall–Kier alpha value is -0.470. The van der Waals surface area contributed by atoms with Crippen LogP contribution in [-0.2, 0) is 0 Å². The van der Waals surface area contributed by atoms with Crippen molar-refractivity contribution in [3.8, 4) is 0 Å². The Balaban J connectivity index is 2.49. The zero-order valence-electron chi connectivity index (χ0n) is 12.7. The molecule has 0 saturated heterocycles. The Morgan fingerprint density at radius 1 is 1.16 bits per heavy atom. The lowest BCUT2D eigenvalue weighted by Crippen LogP contribution is -2.22. The molecule has 0 fully saturated rings. The van der Waals surface area contributed by atoms with Gasteiger partial charge in [0.2, 0.25) is 0 Å². The molecule has 0 bridgehead atoms. The van der Waals surface area contributed by atoms with Crippen LogP contribution in [0.1, 0.15) is 50.2 Å². The van der Waals surface area contributed by atoms with E-state index in [1.807, 2.05) is 0 Å². The molecule has 19 heavy (non-hydrogen) atoms. The van der Waals surface area contributed by atoms with Crippen LogP contribution in [0.3, 0.4) is 0 Å². The molecule has 1 nitrogen and oxygen atoms in total. The maximum Gasteiger partial charge on any atom is 0.00201 e. The molecular formula is C17H29NS. The highest BCUT2D eigenvalue weighted by molar-refractivity contribution is 7.99. The third-order valence-corrected chi connectivity index (χ3v) is 4.40. The average molecular weight is 279 g/mol. The topological polar surface area (TPSA) is 12.0 Å². The molecule has 1 rings (SSSR count). The van der Waals surface area contributed by atoms with Crippen LogP contribution in [0.5, 0.6) is 0 Å². The smallest absolute Gasteiger partial charge is 0.00201 e. The summed E-state index contributed by atoms with van der Waals surface area (Å²) in [5.74, 6) is 3.21. The standard InChI is InChI=1S/C17H29NS/c1-4-12-18-14-17(7-6-13-19-5-2)16-10-8-15(3)9-11-16/h8-11,17-18H,4-7,12-14H2,1-3H3. The quantitative estimate of drug-likeness (QED) is 0.628. The van der Waals surface area contributed by atoms with Crippen molar-refractivity contribution in [1.29, 1.82) is 0 Å². The number of aryl methyl sites for hydroxylation is 1. The van der Waals surface area contributed by atoms with Crippen LogP contribution in [0.2, 0.25) is 0 Å². The molecule has 1 N–H and O–H groups in total. The lowest BCUT2D eigenvalue weighted by Gasteiger charge is -2.18. The van der Waals surface area contributed by atoms with Crippen LogP contribution in [-0.4, -0.2) is 24.6 Å². The van der Waals surface area contributed by atoms with Gasteiger partial charge in [-0.25, -0.2) is 0 Å². The summed E-state index contributed by atoms with van der Waals surface area (Å²) in [6.45, 7) is 8.88. The molecule has 0 heterocycles. The predicted octanol–water partition coefficient (Wildman–Crippen LogP) is 4.61. The minimum atomic E-state index is 0.671. The summed E-state index contributed by atoms with van der Waals surface area (Å²) in [4.78, 5) is 0. The van der Waals surface area contributed by atoms with E-state index in [9.17, 15) is 0 Å². The maximum atomic E-state index is 3.58. The van der Waals surface area contributed by atoms with E-state index in [2.05, 4.69) is 62.1 Å². The van der Waals surface area contributed by atoms with E-state index in [0.29, 0.717) is 5.92 Å². The van der Waals surface area contributed by atoms with E-state index in [1.165, 1.54) is 41.9 Å². The number of benzene rings is 1. The van der Waals surface area contributed by atoms with E-state index in [4.69, 9.17) is 0 Å². The Morgan fingerprint density at radius 3 is 2.53 bits per heavy atom. The maximum absolute atomic E-state index is 3.58. The van der Waals surface area contributed by atoms with Gasteiger partial charge < -0.3 is 5.32 Å². The van der Waals surface area contributed by atoms with Crippen LogP contribution in [0.25, 0.3) is 0 Å². The van der Waals surface area contributed by atoms with Crippen molar-refractivity contribution in [3.63, 3.8) is 0 Å². The molecule has 0 saturated carbocycles. The van der Waals surface area contributed by atoms with Gasteiger partial charge >= 0.3 is 0 Å². The molecule has 1 aromatic rings. The first-order valence-electron chi connectivity index (χ1n) is 7.63. The molecule has 0 aliphatic heterocycles. The first kappa shape index (κ1) is 16.6. The molecule has 0 spiro atoms. The van der Waals surface area contributed by atoms with E-state index in [-0.39, 0.29) is 0 Å². The van der Waals surface area contributed by atoms with Gasteiger partial charge in [-0.05, 0) is 55.7 Å². The Labute approximate surface area is 123 Å². The monoisotopic (exact) mass is 279 g/mol. The van der Waals surface area contributed by atoms with Crippen LogP contribution >= 0.6 is 11.8 Å². The summed E-state index contributed by atoms with van der Waals surface area (Å²) in [5.41, 5.74) is 2.85. The molecule has 0 aliphatic carbocycles. The van der Waals surface area contributed by atoms with Gasteiger partial charge in [0, 0.05) is 6.54 Å². The molecule has 0 radical (unpaired) electrons. The molecule has 1 atom stereocenters. The zero-order valence-corrected chi connectivity index (χ0v) is 13.6. The molecule has 0 aromatic heterocycles. The van der Waals surface area contributed by atoms with E-state index >= 15 is 0 Å². The lowest BCUT2D eigenvalue weighted by atomic mass is 9.93. The highest BCUT2D eigenvalue weighted by Crippen LogP contribution is 2.22. The van der Waals surface area contributed by atoms with Crippen molar-refractivity contribution in [2.75, 3.05) is 24.6 Å². The summed E-state index contributed by atoms with van der Waals surface area (Å²) in [7, 11) is 0. The molecule has 0 aliphatic rings. The molecule has 1 unspecified atom stereocenters. The Kier molecular flexibility index (Phi) is 9.02. The third-order valence-electron chi connectivity index (χ3n) is 3.41. The van der Waals surface area contributed by atoms with Gasteiger partial charge in [0.25, 0.3) is 0 Å². The van der Waals surface area contributed by atoms with Crippen LogP contribution in [0, 0.1) is 6.92 Å². The molecule has 1 aromatic carbocycles. The van der Waals surface area contributed by atoms with Gasteiger partial charge in [-0.2, -0.15) is 11.8 Å². The zero-order chi connectivity index (χ0) is 13.9. The number of hydrogen-bond donors (Lipinski definition) is 1. The largest absolute Gasteiger partial charge is 0.316 e. The van der Waals surface area contributed by atoms with Gasteiger partial charge in [0.05, 0.1) is 0 Å². The summed E-state index contributed by atoms with van der Waals surface area (Å²) in [5, 5.41) is 3.58. The molecule has 108 valence electrons. The van der Waals surface area contributed by atoms with E-state index in [1.54, 1.807) is 0 Å². The van der Waals surface area contributed by atoms with Crippen molar-refractivity contribution in [3.05, 3.63) is 35.4 Å².